The van der Waals surface area contributed by atoms with Gasteiger partial charge in [-0.05, 0) is 23.6 Å². The lowest BCUT2D eigenvalue weighted by Crippen LogP contribution is -2.45. The normalized spacial score (nSPS) is 16.8. The van der Waals surface area contributed by atoms with Crippen molar-refractivity contribution in [1.82, 2.24) is 10.2 Å². The number of halogens is 2. The minimum Gasteiger partial charge on any atom is -0.464 e. The molecule has 3 rings (SSSR count). The van der Waals surface area contributed by atoms with Crippen molar-refractivity contribution in [2.24, 2.45) is 0 Å². The third-order valence-electron chi connectivity index (χ3n) is 3.63. The Hall–Kier alpha value is -0.520. The van der Waals surface area contributed by atoms with Crippen LogP contribution in [0.1, 0.15) is 29.4 Å². The van der Waals surface area contributed by atoms with Crippen LogP contribution in [0.4, 0.5) is 0 Å². The van der Waals surface area contributed by atoms with Gasteiger partial charge in [-0.3, -0.25) is 4.90 Å². The summed E-state index contributed by atoms with van der Waals surface area (Å²) in [5, 5.41) is 5.56. The number of nitrogens with one attached hydrogen (secondary N) is 1. The number of piperazine rings is 1. The van der Waals surface area contributed by atoms with Crippen LogP contribution in [0.25, 0.3) is 0 Å². The van der Waals surface area contributed by atoms with Crippen LogP contribution in [0.3, 0.4) is 0 Å². The van der Waals surface area contributed by atoms with Crippen molar-refractivity contribution in [3.63, 3.8) is 0 Å². The highest BCUT2D eigenvalue weighted by Gasteiger charge is 2.27. The number of nitrogens with zero attached hydrogens (tertiary/aromatic N) is 1. The average molecular weight is 349 g/mol. The van der Waals surface area contributed by atoms with Gasteiger partial charge >= 0.3 is 0 Å². The monoisotopic (exact) mass is 348 g/mol. The smallest absolute Gasteiger partial charge is 0.126 e. The highest BCUT2D eigenvalue weighted by atomic mass is 35.5. The van der Waals surface area contributed by atoms with Crippen LogP contribution in [-0.2, 0) is 6.42 Å². The Bertz CT molecular complexity index is 509. The molecule has 1 aliphatic rings. The van der Waals surface area contributed by atoms with Gasteiger partial charge in [0.1, 0.15) is 17.6 Å². The molecule has 1 fully saturated rings. The van der Waals surface area contributed by atoms with E-state index < -0.39 is 0 Å². The van der Waals surface area contributed by atoms with Crippen LogP contribution in [0.2, 0.25) is 0 Å². The lowest BCUT2D eigenvalue weighted by Gasteiger charge is -2.33. The SMILES string of the molecule is CCc1ccc([C@H](c2cccs2)N2CCNCC2)o1.Cl.Cl. The zero-order valence-electron chi connectivity index (χ0n) is 12.1. The van der Waals surface area contributed by atoms with E-state index >= 15 is 0 Å². The summed E-state index contributed by atoms with van der Waals surface area (Å²) in [5.41, 5.74) is 0. The zero-order valence-corrected chi connectivity index (χ0v) is 14.5. The van der Waals surface area contributed by atoms with Gasteiger partial charge in [0, 0.05) is 37.5 Å². The fourth-order valence-corrected chi connectivity index (χ4v) is 3.48. The lowest BCUT2D eigenvalue weighted by molar-refractivity contribution is 0.181. The molecule has 1 saturated heterocycles. The molecule has 21 heavy (non-hydrogen) atoms. The second-order valence-corrected chi connectivity index (χ2v) is 5.84. The van der Waals surface area contributed by atoms with Crippen molar-refractivity contribution in [3.8, 4) is 0 Å². The number of aryl methyl sites for hydroxylation is 1. The van der Waals surface area contributed by atoms with Crippen LogP contribution in [0.5, 0.6) is 0 Å². The van der Waals surface area contributed by atoms with Gasteiger partial charge in [-0.25, -0.2) is 0 Å². The molecule has 0 aromatic carbocycles. The van der Waals surface area contributed by atoms with E-state index in [0.717, 1.165) is 44.1 Å². The first-order valence-corrected chi connectivity index (χ1v) is 7.83. The average Bonchev–Trinajstić information content (AvgIpc) is 3.12. The molecule has 3 nitrogen and oxygen atoms in total. The predicted molar refractivity (Wildman–Crippen MR) is 93.2 cm³/mol. The maximum atomic E-state index is 6.02. The first-order valence-electron chi connectivity index (χ1n) is 6.95. The molecule has 0 unspecified atom stereocenters. The second-order valence-electron chi connectivity index (χ2n) is 4.86. The third-order valence-corrected chi connectivity index (χ3v) is 4.55. The number of furan rings is 1. The molecule has 0 radical (unpaired) electrons. The molecule has 0 saturated carbocycles. The quantitative estimate of drug-likeness (QED) is 0.912. The summed E-state index contributed by atoms with van der Waals surface area (Å²) in [6.45, 7) is 6.40. The summed E-state index contributed by atoms with van der Waals surface area (Å²) < 4.78 is 6.02. The van der Waals surface area contributed by atoms with Crippen LogP contribution in [-0.4, -0.2) is 31.1 Å². The van der Waals surface area contributed by atoms with E-state index in [1.165, 1.54) is 4.88 Å². The minimum absolute atomic E-state index is 0. The Morgan fingerprint density at radius 3 is 2.57 bits per heavy atom. The van der Waals surface area contributed by atoms with Gasteiger partial charge in [-0.1, -0.05) is 13.0 Å². The van der Waals surface area contributed by atoms with Crippen molar-refractivity contribution in [2.75, 3.05) is 26.2 Å². The molecule has 1 N–H and O–H groups in total. The van der Waals surface area contributed by atoms with E-state index in [4.69, 9.17) is 4.42 Å². The van der Waals surface area contributed by atoms with E-state index in [1.807, 2.05) is 11.3 Å². The molecule has 0 bridgehead atoms. The highest BCUT2D eigenvalue weighted by molar-refractivity contribution is 7.10. The Balaban J connectivity index is 0.00000110. The van der Waals surface area contributed by atoms with Gasteiger partial charge in [0.05, 0.1) is 0 Å². The first kappa shape index (κ1) is 18.5. The molecular formula is C15H22Cl2N2OS. The number of hydrogen-bond donors (Lipinski definition) is 1. The van der Waals surface area contributed by atoms with E-state index in [0.29, 0.717) is 0 Å². The number of rotatable bonds is 4. The van der Waals surface area contributed by atoms with Crippen LogP contribution < -0.4 is 5.32 Å². The fraction of sp³-hybridized carbons (Fsp3) is 0.467. The van der Waals surface area contributed by atoms with Gasteiger partial charge in [0.25, 0.3) is 0 Å². The molecule has 1 atom stereocenters. The largest absolute Gasteiger partial charge is 0.464 e. The van der Waals surface area contributed by atoms with Gasteiger partial charge in [-0.15, -0.1) is 36.2 Å². The van der Waals surface area contributed by atoms with Crippen LogP contribution in [0, 0.1) is 0 Å². The summed E-state index contributed by atoms with van der Waals surface area (Å²) in [5.74, 6) is 2.16. The fourth-order valence-electron chi connectivity index (χ4n) is 2.62. The van der Waals surface area contributed by atoms with Gasteiger partial charge in [0.2, 0.25) is 0 Å². The topological polar surface area (TPSA) is 28.4 Å². The first-order chi connectivity index (χ1) is 9.38. The summed E-state index contributed by atoms with van der Waals surface area (Å²) in [4.78, 5) is 3.89. The van der Waals surface area contributed by atoms with E-state index in [9.17, 15) is 0 Å². The maximum Gasteiger partial charge on any atom is 0.126 e. The summed E-state index contributed by atoms with van der Waals surface area (Å²) >= 11 is 1.81. The van der Waals surface area contributed by atoms with Gasteiger partial charge in [-0.2, -0.15) is 0 Å². The Kier molecular flexibility index (Phi) is 7.77. The van der Waals surface area contributed by atoms with Gasteiger partial charge < -0.3 is 9.73 Å². The Morgan fingerprint density at radius 2 is 2.00 bits per heavy atom. The molecule has 3 heterocycles. The zero-order chi connectivity index (χ0) is 13.1. The van der Waals surface area contributed by atoms with Crippen LogP contribution >= 0.6 is 36.2 Å². The predicted octanol–water partition coefficient (Wildman–Crippen LogP) is 3.74. The molecule has 0 spiro atoms. The second kappa shape index (κ2) is 8.81. The molecule has 2 aromatic rings. The summed E-state index contributed by atoms with van der Waals surface area (Å²) in [6.07, 6.45) is 0.957. The van der Waals surface area contributed by atoms with E-state index in [-0.39, 0.29) is 30.9 Å². The molecule has 118 valence electrons. The van der Waals surface area contributed by atoms with Crippen LogP contribution in [0.15, 0.2) is 34.1 Å². The lowest BCUT2D eigenvalue weighted by atomic mass is 10.1. The standard InChI is InChI=1S/C15H20N2OS.2ClH/c1-2-12-5-6-13(18-12)15(14-4-3-11-19-14)17-9-7-16-8-10-17;;/h3-6,11,15-16H,2,7-10H2,1H3;2*1H/t15-;;/m1../s1. The third kappa shape index (κ3) is 4.24. The summed E-state index contributed by atoms with van der Waals surface area (Å²) in [7, 11) is 0. The molecule has 2 aromatic heterocycles. The van der Waals surface area contributed by atoms with E-state index in [1.54, 1.807) is 0 Å². The summed E-state index contributed by atoms with van der Waals surface area (Å²) in [6, 6.07) is 8.87. The van der Waals surface area contributed by atoms with Crippen molar-refractivity contribution >= 4 is 36.2 Å². The maximum absolute atomic E-state index is 6.02. The number of thiophene rings is 1. The molecule has 0 aliphatic carbocycles. The van der Waals surface area contributed by atoms with Crippen molar-refractivity contribution < 1.29 is 4.42 Å². The highest BCUT2D eigenvalue weighted by Crippen LogP contribution is 2.33. The van der Waals surface area contributed by atoms with Crippen molar-refractivity contribution in [3.05, 3.63) is 46.0 Å². The molecule has 0 amide bonds. The van der Waals surface area contributed by atoms with Gasteiger partial charge in [0.15, 0.2) is 0 Å². The Morgan fingerprint density at radius 1 is 1.24 bits per heavy atom. The molecular weight excluding hydrogens is 327 g/mol. The number of hydrogen-bond acceptors (Lipinski definition) is 4. The van der Waals surface area contributed by atoms with Crippen molar-refractivity contribution in [2.45, 2.75) is 19.4 Å². The van der Waals surface area contributed by atoms with E-state index in [2.05, 4.69) is 46.8 Å². The molecule has 1 aliphatic heterocycles. The minimum atomic E-state index is 0. The van der Waals surface area contributed by atoms with Crippen molar-refractivity contribution in [1.29, 1.82) is 0 Å². The Labute approximate surface area is 142 Å². The molecule has 6 heteroatoms.